The van der Waals surface area contributed by atoms with Gasteiger partial charge in [-0.15, -0.1) is 0 Å². The van der Waals surface area contributed by atoms with Crippen LogP contribution in [0.1, 0.15) is 19.3 Å². The van der Waals surface area contributed by atoms with Gasteiger partial charge in [-0.2, -0.15) is 0 Å². The summed E-state index contributed by atoms with van der Waals surface area (Å²) in [7, 11) is 0. The van der Waals surface area contributed by atoms with E-state index >= 15 is 0 Å². The zero-order valence-corrected chi connectivity index (χ0v) is 9.52. The number of rotatable bonds is 3. The van der Waals surface area contributed by atoms with Gasteiger partial charge in [-0.3, -0.25) is 9.59 Å². The second-order valence-electron chi connectivity index (χ2n) is 4.49. The Balaban J connectivity index is 1.86. The van der Waals surface area contributed by atoms with Crippen LogP contribution in [0.2, 0.25) is 0 Å². The molecule has 90 valence electrons. The monoisotopic (exact) mass is 225 g/mol. The molecule has 2 fully saturated rings. The molecule has 0 aliphatic carbocycles. The standard InChI is InChI=1S/C11H19N3O2/c15-9-14-6-3-12-8-10(14)7-11(16)13-4-1-2-5-13/h9-10,12H,1-8H2. The highest BCUT2D eigenvalue weighted by Crippen LogP contribution is 2.12. The molecule has 2 rings (SSSR count). The van der Waals surface area contributed by atoms with E-state index in [-0.39, 0.29) is 11.9 Å². The SMILES string of the molecule is O=CN1CCNCC1CC(=O)N1CCCC1. The number of hydrogen-bond donors (Lipinski definition) is 1. The molecule has 1 N–H and O–H groups in total. The molecule has 2 heterocycles. The molecule has 1 unspecified atom stereocenters. The number of nitrogens with zero attached hydrogens (tertiary/aromatic N) is 2. The predicted octanol–water partition coefficient (Wildman–Crippen LogP) is -0.571. The van der Waals surface area contributed by atoms with Gasteiger partial charge in [0.2, 0.25) is 12.3 Å². The minimum Gasteiger partial charge on any atom is -0.343 e. The van der Waals surface area contributed by atoms with E-state index in [0.717, 1.165) is 45.4 Å². The lowest BCUT2D eigenvalue weighted by molar-refractivity contribution is -0.132. The summed E-state index contributed by atoms with van der Waals surface area (Å²) in [6.45, 7) is 4.05. The number of likely N-dealkylation sites (tertiary alicyclic amines) is 1. The van der Waals surface area contributed by atoms with Crippen molar-refractivity contribution in [2.45, 2.75) is 25.3 Å². The summed E-state index contributed by atoms with van der Waals surface area (Å²) < 4.78 is 0. The molecule has 0 radical (unpaired) electrons. The number of carbonyl (C=O) groups is 2. The van der Waals surface area contributed by atoms with Crippen molar-refractivity contribution in [3.63, 3.8) is 0 Å². The first-order chi connectivity index (χ1) is 7.81. The van der Waals surface area contributed by atoms with Crippen LogP contribution < -0.4 is 5.32 Å². The second-order valence-corrected chi connectivity index (χ2v) is 4.49. The number of nitrogens with one attached hydrogen (secondary N) is 1. The van der Waals surface area contributed by atoms with Gasteiger partial charge in [-0.05, 0) is 12.8 Å². The van der Waals surface area contributed by atoms with Gasteiger partial charge in [0.05, 0.1) is 6.04 Å². The van der Waals surface area contributed by atoms with E-state index < -0.39 is 0 Å². The van der Waals surface area contributed by atoms with Gasteiger partial charge in [0.25, 0.3) is 0 Å². The molecule has 1 atom stereocenters. The van der Waals surface area contributed by atoms with E-state index in [0.29, 0.717) is 13.0 Å². The van der Waals surface area contributed by atoms with Crippen molar-refractivity contribution < 1.29 is 9.59 Å². The third-order valence-electron chi connectivity index (χ3n) is 3.40. The summed E-state index contributed by atoms with van der Waals surface area (Å²) in [5.41, 5.74) is 0. The number of carbonyl (C=O) groups excluding carboxylic acids is 2. The third-order valence-corrected chi connectivity index (χ3v) is 3.40. The van der Waals surface area contributed by atoms with E-state index in [1.54, 1.807) is 4.90 Å². The van der Waals surface area contributed by atoms with Crippen molar-refractivity contribution in [3.05, 3.63) is 0 Å². The van der Waals surface area contributed by atoms with Crippen molar-refractivity contribution in [2.75, 3.05) is 32.7 Å². The molecule has 0 bridgehead atoms. The molecule has 2 aliphatic heterocycles. The lowest BCUT2D eigenvalue weighted by atomic mass is 10.1. The molecule has 5 nitrogen and oxygen atoms in total. The van der Waals surface area contributed by atoms with Crippen LogP contribution in [0.3, 0.4) is 0 Å². The van der Waals surface area contributed by atoms with Gasteiger partial charge < -0.3 is 15.1 Å². The molecular formula is C11H19N3O2. The van der Waals surface area contributed by atoms with Gasteiger partial charge in [-0.25, -0.2) is 0 Å². The molecule has 16 heavy (non-hydrogen) atoms. The number of piperazine rings is 1. The van der Waals surface area contributed by atoms with Crippen LogP contribution in [0.25, 0.3) is 0 Å². The maximum absolute atomic E-state index is 11.9. The Morgan fingerprint density at radius 1 is 1.31 bits per heavy atom. The van der Waals surface area contributed by atoms with E-state index in [2.05, 4.69) is 5.32 Å². The molecule has 0 aromatic heterocycles. The fraction of sp³-hybridized carbons (Fsp3) is 0.818. The van der Waals surface area contributed by atoms with Gasteiger partial charge in [0, 0.05) is 39.1 Å². The fourth-order valence-electron chi connectivity index (χ4n) is 2.40. The largest absolute Gasteiger partial charge is 0.343 e. The topological polar surface area (TPSA) is 52.7 Å². The molecule has 0 saturated carbocycles. The Labute approximate surface area is 95.8 Å². The molecule has 2 saturated heterocycles. The highest BCUT2D eigenvalue weighted by Gasteiger charge is 2.26. The van der Waals surface area contributed by atoms with Crippen LogP contribution in [-0.2, 0) is 9.59 Å². The Kier molecular flexibility index (Phi) is 3.77. The van der Waals surface area contributed by atoms with Gasteiger partial charge >= 0.3 is 0 Å². The molecule has 0 spiro atoms. The highest BCUT2D eigenvalue weighted by molar-refractivity contribution is 5.77. The molecule has 0 aromatic rings. The lowest BCUT2D eigenvalue weighted by Crippen LogP contribution is -2.52. The predicted molar refractivity (Wildman–Crippen MR) is 59.9 cm³/mol. The van der Waals surface area contributed by atoms with Crippen molar-refractivity contribution >= 4 is 12.3 Å². The lowest BCUT2D eigenvalue weighted by Gasteiger charge is -2.33. The minimum absolute atomic E-state index is 0.0411. The molecule has 2 aliphatic rings. The van der Waals surface area contributed by atoms with E-state index in [1.807, 2.05) is 4.90 Å². The summed E-state index contributed by atoms with van der Waals surface area (Å²) >= 11 is 0. The molecular weight excluding hydrogens is 206 g/mol. The van der Waals surface area contributed by atoms with Crippen LogP contribution in [0.4, 0.5) is 0 Å². The normalized spacial score (nSPS) is 25.9. The van der Waals surface area contributed by atoms with Crippen molar-refractivity contribution in [2.24, 2.45) is 0 Å². The first-order valence-corrected chi connectivity index (χ1v) is 6.01. The fourth-order valence-corrected chi connectivity index (χ4v) is 2.40. The Bertz CT molecular complexity index is 264. The quantitative estimate of drug-likeness (QED) is 0.654. The van der Waals surface area contributed by atoms with Crippen molar-refractivity contribution in [3.8, 4) is 0 Å². The van der Waals surface area contributed by atoms with Gasteiger partial charge in [0.15, 0.2) is 0 Å². The first kappa shape index (κ1) is 11.4. The van der Waals surface area contributed by atoms with E-state index in [1.165, 1.54) is 0 Å². The Morgan fingerprint density at radius 3 is 2.75 bits per heavy atom. The zero-order chi connectivity index (χ0) is 11.4. The molecule has 0 aromatic carbocycles. The van der Waals surface area contributed by atoms with Crippen molar-refractivity contribution in [1.82, 2.24) is 15.1 Å². The average molecular weight is 225 g/mol. The van der Waals surface area contributed by atoms with E-state index in [4.69, 9.17) is 0 Å². The van der Waals surface area contributed by atoms with Crippen LogP contribution in [0.5, 0.6) is 0 Å². The third kappa shape index (κ3) is 2.52. The van der Waals surface area contributed by atoms with Crippen molar-refractivity contribution in [1.29, 1.82) is 0 Å². The molecule has 5 heteroatoms. The Morgan fingerprint density at radius 2 is 2.06 bits per heavy atom. The zero-order valence-electron chi connectivity index (χ0n) is 9.52. The van der Waals surface area contributed by atoms with Crippen LogP contribution >= 0.6 is 0 Å². The highest BCUT2D eigenvalue weighted by atomic mass is 16.2. The first-order valence-electron chi connectivity index (χ1n) is 6.01. The van der Waals surface area contributed by atoms with Gasteiger partial charge in [-0.1, -0.05) is 0 Å². The summed E-state index contributed by atoms with van der Waals surface area (Å²) in [6.07, 6.45) is 3.56. The summed E-state index contributed by atoms with van der Waals surface area (Å²) in [6, 6.07) is 0.0411. The van der Waals surface area contributed by atoms with Crippen LogP contribution in [0.15, 0.2) is 0 Å². The van der Waals surface area contributed by atoms with Crippen LogP contribution in [-0.4, -0.2) is 60.9 Å². The van der Waals surface area contributed by atoms with E-state index in [9.17, 15) is 9.59 Å². The van der Waals surface area contributed by atoms with Gasteiger partial charge in [0.1, 0.15) is 0 Å². The maximum Gasteiger partial charge on any atom is 0.224 e. The minimum atomic E-state index is 0.0411. The van der Waals surface area contributed by atoms with Crippen LogP contribution in [0, 0.1) is 0 Å². The smallest absolute Gasteiger partial charge is 0.224 e. The summed E-state index contributed by atoms with van der Waals surface area (Å²) in [4.78, 5) is 26.4. The summed E-state index contributed by atoms with van der Waals surface area (Å²) in [5.74, 6) is 0.193. The Hall–Kier alpha value is -1.10. The average Bonchev–Trinajstić information content (AvgIpc) is 2.83. The number of hydrogen-bond acceptors (Lipinski definition) is 3. The second kappa shape index (κ2) is 5.30. The summed E-state index contributed by atoms with van der Waals surface area (Å²) in [5, 5.41) is 3.22. The molecule has 2 amide bonds. The number of amides is 2. The maximum atomic E-state index is 11.9.